The lowest BCUT2D eigenvalue weighted by Gasteiger charge is -2.58. The maximum Gasteiger partial charge on any atom is 0.0723 e. The highest BCUT2D eigenvalue weighted by Crippen LogP contribution is 2.61. The molecule has 0 heterocycles. The van der Waals surface area contributed by atoms with Gasteiger partial charge in [0.25, 0.3) is 0 Å². The van der Waals surface area contributed by atoms with Gasteiger partial charge in [-0.05, 0) is 87.6 Å². The van der Waals surface area contributed by atoms with E-state index in [4.69, 9.17) is 0 Å². The van der Waals surface area contributed by atoms with Crippen molar-refractivity contribution in [1.82, 2.24) is 4.90 Å². The second kappa shape index (κ2) is 5.61. The predicted molar refractivity (Wildman–Crippen MR) is 83.6 cm³/mol. The number of likely N-dealkylation sites (N-methyl/N-ethyl adjacent to an activating group) is 1. The topological polar surface area (TPSA) is 23.5 Å². The van der Waals surface area contributed by atoms with Crippen LogP contribution in [0, 0.1) is 29.1 Å². The number of aliphatic hydroxyl groups excluding tert-OH is 1. The van der Waals surface area contributed by atoms with Crippen LogP contribution in [0.1, 0.15) is 58.8 Å². The summed E-state index contributed by atoms with van der Waals surface area (Å²) in [5.74, 6) is 3.58. The van der Waals surface area contributed by atoms with Crippen LogP contribution < -0.4 is 0 Å². The first-order chi connectivity index (χ1) is 9.47. The Kier molecular flexibility index (Phi) is 4.16. The highest BCUT2D eigenvalue weighted by Gasteiger charge is 2.53. The minimum Gasteiger partial charge on any atom is -0.391 e. The number of nitrogens with zero attached hydrogens (tertiary/aromatic N) is 1. The average molecular weight is 279 g/mol. The van der Waals surface area contributed by atoms with Crippen molar-refractivity contribution in [2.24, 2.45) is 29.1 Å². The molecule has 4 rings (SSSR count). The third-order valence-corrected chi connectivity index (χ3v) is 6.37. The molecule has 1 N–H and O–H groups in total. The fourth-order valence-corrected chi connectivity index (χ4v) is 5.64. The zero-order chi connectivity index (χ0) is 14.3. The molecule has 0 aromatic carbocycles. The summed E-state index contributed by atoms with van der Waals surface area (Å²) >= 11 is 0. The molecule has 0 aromatic heterocycles. The molecule has 0 aliphatic heterocycles. The smallest absolute Gasteiger partial charge is 0.0723 e. The van der Waals surface area contributed by atoms with Crippen molar-refractivity contribution in [2.75, 3.05) is 20.1 Å². The van der Waals surface area contributed by atoms with Gasteiger partial charge in [-0.25, -0.2) is 0 Å². The molecule has 0 radical (unpaired) electrons. The van der Waals surface area contributed by atoms with Gasteiger partial charge in [-0.15, -0.1) is 0 Å². The van der Waals surface area contributed by atoms with E-state index in [9.17, 15) is 5.11 Å². The zero-order valence-electron chi connectivity index (χ0n) is 13.6. The predicted octanol–water partition coefficient (Wildman–Crippen LogP) is 3.54. The van der Waals surface area contributed by atoms with E-state index in [1.54, 1.807) is 0 Å². The van der Waals surface area contributed by atoms with Gasteiger partial charge in [-0.3, -0.25) is 0 Å². The first kappa shape index (κ1) is 14.8. The molecule has 20 heavy (non-hydrogen) atoms. The van der Waals surface area contributed by atoms with Crippen molar-refractivity contribution >= 4 is 0 Å². The molecule has 4 fully saturated rings. The van der Waals surface area contributed by atoms with Gasteiger partial charge in [0.15, 0.2) is 0 Å². The van der Waals surface area contributed by atoms with Gasteiger partial charge in [0.1, 0.15) is 0 Å². The number of rotatable bonds is 6. The van der Waals surface area contributed by atoms with E-state index < -0.39 is 0 Å². The molecule has 0 saturated heterocycles. The van der Waals surface area contributed by atoms with Crippen molar-refractivity contribution in [3.05, 3.63) is 0 Å². The van der Waals surface area contributed by atoms with E-state index >= 15 is 0 Å². The van der Waals surface area contributed by atoms with Crippen LogP contribution >= 0.6 is 0 Å². The zero-order valence-corrected chi connectivity index (χ0v) is 13.6. The Morgan fingerprint density at radius 2 is 1.55 bits per heavy atom. The van der Waals surface area contributed by atoms with Crippen LogP contribution in [0.4, 0.5) is 0 Å². The summed E-state index contributed by atoms with van der Waals surface area (Å²) in [5.41, 5.74) is 0.293. The number of hydrogen-bond donors (Lipinski definition) is 1. The maximum atomic E-state index is 10.9. The fraction of sp³-hybridized carbons (Fsp3) is 1.00. The number of aliphatic hydroxyl groups is 1. The first-order valence-corrected chi connectivity index (χ1v) is 8.83. The van der Waals surface area contributed by atoms with E-state index in [-0.39, 0.29) is 6.10 Å². The summed E-state index contributed by atoms with van der Waals surface area (Å²) in [7, 11) is 2.19. The SMILES string of the molecule is CC(C)CCN(C)CC(O)C12CC3CC(CC(C3)C1)C2. The Balaban J connectivity index is 1.58. The van der Waals surface area contributed by atoms with Gasteiger partial charge >= 0.3 is 0 Å². The van der Waals surface area contributed by atoms with Crippen molar-refractivity contribution in [3.63, 3.8) is 0 Å². The number of hydrogen-bond acceptors (Lipinski definition) is 2. The normalized spacial score (nSPS) is 40.8. The van der Waals surface area contributed by atoms with Crippen molar-refractivity contribution in [3.8, 4) is 0 Å². The molecular formula is C18H33NO. The lowest BCUT2D eigenvalue weighted by Crippen LogP contribution is -2.54. The molecule has 1 atom stereocenters. The summed E-state index contributed by atoms with van der Waals surface area (Å²) in [6.07, 6.45) is 9.51. The van der Waals surface area contributed by atoms with Crippen LogP contribution in [0.3, 0.4) is 0 Å². The van der Waals surface area contributed by atoms with Gasteiger partial charge in [-0.2, -0.15) is 0 Å². The highest BCUT2D eigenvalue weighted by molar-refractivity contribution is 5.04. The van der Waals surface area contributed by atoms with Gasteiger partial charge in [0.05, 0.1) is 6.10 Å². The van der Waals surface area contributed by atoms with E-state index in [2.05, 4.69) is 25.8 Å². The first-order valence-electron chi connectivity index (χ1n) is 8.83. The van der Waals surface area contributed by atoms with E-state index in [1.807, 2.05) is 0 Å². The molecule has 116 valence electrons. The summed E-state index contributed by atoms with van der Waals surface area (Å²) in [5, 5.41) is 10.9. The van der Waals surface area contributed by atoms with Gasteiger partial charge in [-0.1, -0.05) is 13.8 Å². The minimum atomic E-state index is -0.0898. The van der Waals surface area contributed by atoms with E-state index in [0.717, 1.165) is 36.8 Å². The second-order valence-electron chi connectivity index (χ2n) is 8.74. The summed E-state index contributed by atoms with van der Waals surface area (Å²) in [4.78, 5) is 2.36. The highest BCUT2D eigenvalue weighted by atomic mass is 16.3. The van der Waals surface area contributed by atoms with Crippen LogP contribution in [0.5, 0.6) is 0 Å². The van der Waals surface area contributed by atoms with Crippen LogP contribution in [0.25, 0.3) is 0 Å². The Bertz CT molecular complexity index is 303. The molecule has 0 amide bonds. The monoisotopic (exact) mass is 279 g/mol. The van der Waals surface area contributed by atoms with Crippen LogP contribution in [-0.4, -0.2) is 36.2 Å². The largest absolute Gasteiger partial charge is 0.391 e. The van der Waals surface area contributed by atoms with Gasteiger partial charge < -0.3 is 10.0 Å². The van der Waals surface area contributed by atoms with Crippen molar-refractivity contribution < 1.29 is 5.11 Å². The Labute approximate surface area is 124 Å². The Hall–Kier alpha value is -0.0800. The molecule has 0 aromatic rings. The average Bonchev–Trinajstić information content (AvgIpc) is 2.34. The van der Waals surface area contributed by atoms with E-state index in [0.29, 0.717) is 5.41 Å². The molecule has 0 spiro atoms. The quantitative estimate of drug-likeness (QED) is 0.804. The van der Waals surface area contributed by atoms with Gasteiger partial charge in [0, 0.05) is 6.54 Å². The Morgan fingerprint density at radius 1 is 1.05 bits per heavy atom. The maximum absolute atomic E-state index is 10.9. The second-order valence-corrected chi connectivity index (χ2v) is 8.74. The molecule has 2 heteroatoms. The third kappa shape index (κ3) is 2.92. The lowest BCUT2D eigenvalue weighted by molar-refractivity contribution is -0.125. The summed E-state index contributed by atoms with van der Waals surface area (Å²) in [6.45, 7) is 6.58. The van der Waals surface area contributed by atoms with Gasteiger partial charge in [0.2, 0.25) is 0 Å². The molecule has 4 aliphatic carbocycles. The summed E-state index contributed by atoms with van der Waals surface area (Å²) < 4.78 is 0. The molecule has 4 aliphatic rings. The van der Waals surface area contributed by atoms with Crippen molar-refractivity contribution in [2.45, 2.75) is 64.9 Å². The molecule has 4 bridgehead atoms. The lowest BCUT2D eigenvalue weighted by atomic mass is 9.48. The summed E-state index contributed by atoms with van der Waals surface area (Å²) in [6, 6.07) is 0. The molecule has 1 unspecified atom stereocenters. The molecular weight excluding hydrogens is 246 g/mol. The third-order valence-electron chi connectivity index (χ3n) is 6.37. The fourth-order valence-electron chi connectivity index (χ4n) is 5.64. The van der Waals surface area contributed by atoms with Crippen LogP contribution in [0.15, 0.2) is 0 Å². The van der Waals surface area contributed by atoms with Crippen molar-refractivity contribution in [1.29, 1.82) is 0 Å². The van der Waals surface area contributed by atoms with Crippen LogP contribution in [-0.2, 0) is 0 Å². The minimum absolute atomic E-state index is 0.0898. The Morgan fingerprint density at radius 3 is 2.00 bits per heavy atom. The molecule has 4 saturated carbocycles. The van der Waals surface area contributed by atoms with Crippen LogP contribution in [0.2, 0.25) is 0 Å². The molecule has 2 nitrogen and oxygen atoms in total. The standard InChI is InChI=1S/C18H33NO/c1-13(2)4-5-19(3)12-17(20)18-9-14-6-15(10-18)8-16(7-14)11-18/h13-17,20H,4-12H2,1-3H3. The van der Waals surface area contributed by atoms with E-state index in [1.165, 1.54) is 44.9 Å².